The van der Waals surface area contributed by atoms with Gasteiger partial charge in [0, 0.05) is 37.5 Å². The highest BCUT2D eigenvalue weighted by Crippen LogP contribution is 2.30. The quantitative estimate of drug-likeness (QED) is 0.677. The molecule has 156 valence electrons. The summed E-state index contributed by atoms with van der Waals surface area (Å²) in [4.78, 5) is 26.1. The number of hydrogen-bond acceptors (Lipinski definition) is 5. The number of carbonyl (C=O) groups excluding carboxylic acids is 2. The number of carbonyl (C=O) groups is 2. The zero-order chi connectivity index (χ0) is 20.5. The molecule has 2 amide bonds. The molecule has 2 aromatic rings. The molecule has 29 heavy (non-hydrogen) atoms. The van der Waals surface area contributed by atoms with Crippen molar-refractivity contribution in [3.05, 3.63) is 23.8 Å². The number of nitrogens with two attached hydrogens (primary N) is 1. The molecule has 1 aromatic carbocycles. The van der Waals surface area contributed by atoms with E-state index in [0.29, 0.717) is 6.04 Å². The first-order chi connectivity index (χ1) is 13.9. The van der Waals surface area contributed by atoms with Crippen molar-refractivity contribution in [3.8, 4) is 0 Å². The van der Waals surface area contributed by atoms with Gasteiger partial charge in [0.15, 0.2) is 5.82 Å². The van der Waals surface area contributed by atoms with Crippen LogP contribution in [0.5, 0.6) is 0 Å². The molecule has 1 aliphatic heterocycles. The Labute approximate surface area is 170 Å². The van der Waals surface area contributed by atoms with Crippen molar-refractivity contribution in [2.75, 3.05) is 25.0 Å². The van der Waals surface area contributed by atoms with E-state index in [2.05, 4.69) is 32.8 Å². The second-order valence-electron chi connectivity index (χ2n) is 8.47. The average molecular weight is 399 g/mol. The first kappa shape index (κ1) is 19.7. The average Bonchev–Trinajstić information content (AvgIpc) is 2.97. The van der Waals surface area contributed by atoms with Crippen molar-refractivity contribution in [3.63, 3.8) is 0 Å². The number of nitrogens with zero attached hydrogens (tertiary/aromatic N) is 3. The van der Waals surface area contributed by atoms with Crippen molar-refractivity contribution in [2.45, 2.75) is 44.7 Å². The predicted octanol–water partition coefficient (Wildman–Crippen LogP) is 1.14. The van der Waals surface area contributed by atoms with E-state index in [0.717, 1.165) is 61.1 Å². The first-order valence-electron chi connectivity index (χ1n) is 10.4. The van der Waals surface area contributed by atoms with Crippen LogP contribution >= 0.6 is 0 Å². The van der Waals surface area contributed by atoms with Crippen molar-refractivity contribution in [1.29, 1.82) is 0 Å². The lowest BCUT2D eigenvalue weighted by atomic mass is 9.83. The smallest absolute Gasteiger partial charge is 0.239 e. The Morgan fingerprint density at radius 1 is 1.21 bits per heavy atom. The zero-order valence-electron chi connectivity index (χ0n) is 17.1. The van der Waals surface area contributed by atoms with E-state index in [-0.39, 0.29) is 30.3 Å². The summed E-state index contributed by atoms with van der Waals surface area (Å²) in [5.74, 6) is 0.599. The second-order valence-corrected chi connectivity index (χ2v) is 8.47. The Hall–Kier alpha value is -2.61. The van der Waals surface area contributed by atoms with Gasteiger partial charge in [-0.3, -0.25) is 19.2 Å². The highest BCUT2D eigenvalue weighted by atomic mass is 16.2. The van der Waals surface area contributed by atoms with E-state index in [1.54, 1.807) is 0 Å². The molecule has 2 aliphatic rings. The van der Waals surface area contributed by atoms with Crippen LogP contribution in [-0.2, 0) is 16.6 Å². The largest absolute Gasteiger partial charge is 0.369 e. The van der Waals surface area contributed by atoms with E-state index in [4.69, 9.17) is 5.73 Å². The standard InChI is InChI=1S/C21H30N6O2/c1-13-3-8-18-17(9-13)21(25-26(18)2)23-10-19(28)24-15-11-27(12-15)16-6-4-14(5-7-16)20(22)29/h3,8-9,14-16H,4-7,10-12H2,1-2H3,(H2,22,29)(H,23,25)(H,24,28)/t14-,16+. The van der Waals surface area contributed by atoms with Gasteiger partial charge in [0.05, 0.1) is 18.1 Å². The molecular weight excluding hydrogens is 368 g/mol. The van der Waals surface area contributed by atoms with Gasteiger partial charge in [-0.25, -0.2) is 0 Å². The molecule has 4 rings (SSSR count). The summed E-state index contributed by atoms with van der Waals surface area (Å²) in [6, 6.07) is 6.89. The van der Waals surface area contributed by atoms with E-state index in [9.17, 15) is 9.59 Å². The molecule has 0 unspecified atom stereocenters. The van der Waals surface area contributed by atoms with Gasteiger partial charge in [-0.1, -0.05) is 11.6 Å². The minimum absolute atomic E-state index is 0.0152. The van der Waals surface area contributed by atoms with E-state index in [1.165, 1.54) is 0 Å². The fourth-order valence-electron chi connectivity index (χ4n) is 4.58. The maximum Gasteiger partial charge on any atom is 0.239 e. The third kappa shape index (κ3) is 4.22. The summed E-state index contributed by atoms with van der Waals surface area (Å²) < 4.78 is 1.83. The Morgan fingerprint density at radius 2 is 1.93 bits per heavy atom. The summed E-state index contributed by atoms with van der Waals surface area (Å²) in [5, 5.41) is 11.8. The number of fused-ring (bicyclic) bond motifs is 1. The molecule has 2 fully saturated rings. The molecule has 8 nitrogen and oxygen atoms in total. The van der Waals surface area contributed by atoms with E-state index >= 15 is 0 Å². The first-order valence-corrected chi connectivity index (χ1v) is 10.4. The van der Waals surface area contributed by atoms with Gasteiger partial charge in [0.25, 0.3) is 0 Å². The van der Waals surface area contributed by atoms with Crippen LogP contribution in [0.2, 0.25) is 0 Å². The third-order valence-corrected chi connectivity index (χ3v) is 6.31. The van der Waals surface area contributed by atoms with Gasteiger partial charge in [0.1, 0.15) is 0 Å². The van der Waals surface area contributed by atoms with Crippen molar-refractivity contribution < 1.29 is 9.59 Å². The summed E-state index contributed by atoms with van der Waals surface area (Å²) in [7, 11) is 1.91. The monoisotopic (exact) mass is 398 g/mol. The molecule has 0 bridgehead atoms. The fourth-order valence-corrected chi connectivity index (χ4v) is 4.58. The van der Waals surface area contributed by atoms with Gasteiger partial charge < -0.3 is 16.4 Å². The van der Waals surface area contributed by atoms with Gasteiger partial charge >= 0.3 is 0 Å². The third-order valence-electron chi connectivity index (χ3n) is 6.31. The molecule has 1 saturated heterocycles. The number of amides is 2. The normalized spacial score (nSPS) is 23.0. The van der Waals surface area contributed by atoms with E-state index in [1.807, 2.05) is 24.7 Å². The Morgan fingerprint density at radius 3 is 2.62 bits per heavy atom. The number of likely N-dealkylation sites (tertiary alicyclic amines) is 1. The van der Waals surface area contributed by atoms with Crippen LogP contribution in [0.3, 0.4) is 0 Å². The number of aromatic nitrogens is 2. The van der Waals surface area contributed by atoms with Crippen LogP contribution in [0.4, 0.5) is 5.82 Å². The molecule has 4 N–H and O–H groups in total. The van der Waals surface area contributed by atoms with Crippen molar-refractivity contribution in [1.82, 2.24) is 20.0 Å². The molecule has 0 spiro atoms. The predicted molar refractivity (Wildman–Crippen MR) is 112 cm³/mol. The lowest BCUT2D eigenvalue weighted by Gasteiger charge is -2.46. The number of primary amides is 1. The summed E-state index contributed by atoms with van der Waals surface area (Å²) in [5.41, 5.74) is 7.62. The Balaban J connectivity index is 1.22. The molecule has 0 radical (unpaired) electrons. The van der Waals surface area contributed by atoms with Gasteiger partial charge in [0.2, 0.25) is 11.8 Å². The maximum atomic E-state index is 12.4. The van der Waals surface area contributed by atoms with Gasteiger partial charge in [-0.05, 0) is 44.7 Å². The Bertz CT molecular complexity index is 909. The molecule has 1 saturated carbocycles. The van der Waals surface area contributed by atoms with Crippen LogP contribution in [0.25, 0.3) is 10.9 Å². The van der Waals surface area contributed by atoms with Crippen molar-refractivity contribution >= 4 is 28.5 Å². The fraction of sp³-hybridized carbons (Fsp3) is 0.571. The topological polar surface area (TPSA) is 105 Å². The minimum atomic E-state index is -0.166. The number of hydrogen-bond donors (Lipinski definition) is 3. The lowest BCUT2D eigenvalue weighted by molar-refractivity contribution is -0.124. The molecule has 8 heteroatoms. The van der Waals surface area contributed by atoms with E-state index < -0.39 is 0 Å². The highest BCUT2D eigenvalue weighted by molar-refractivity contribution is 5.92. The lowest BCUT2D eigenvalue weighted by Crippen LogP contribution is -2.63. The number of nitrogens with one attached hydrogen (secondary N) is 2. The summed E-state index contributed by atoms with van der Waals surface area (Å²) in [6.45, 7) is 4.01. The summed E-state index contributed by atoms with van der Waals surface area (Å²) >= 11 is 0. The van der Waals surface area contributed by atoms with Crippen molar-refractivity contribution in [2.24, 2.45) is 18.7 Å². The van der Waals surface area contributed by atoms with Crippen LogP contribution in [0.1, 0.15) is 31.2 Å². The molecule has 1 aliphatic carbocycles. The number of benzene rings is 1. The molecule has 1 aromatic heterocycles. The molecule has 2 heterocycles. The van der Waals surface area contributed by atoms with Gasteiger partial charge in [-0.15, -0.1) is 0 Å². The molecule has 0 atom stereocenters. The zero-order valence-corrected chi connectivity index (χ0v) is 17.1. The number of rotatable bonds is 6. The molecular formula is C21H30N6O2. The highest BCUT2D eigenvalue weighted by Gasteiger charge is 2.36. The summed E-state index contributed by atoms with van der Waals surface area (Å²) in [6.07, 6.45) is 3.80. The van der Waals surface area contributed by atoms with Crippen LogP contribution < -0.4 is 16.4 Å². The second kappa shape index (κ2) is 8.02. The van der Waals surface area contributed by atoms with Crippen LogP contribution in [0, 0.1) is 12.8 Å². The minimum Gasteiger partial charge on any atom is -0.369 e. The van der Waals surface area contributed by atoms with Crippen LogP contribution in [-0.4, -0.2) is 58.2 Å². The SMILES string of the molecule is Cc1ccc2c(c1)c(NCC(=O)NC1CN([C@H]3CC[C@@H](C(N)=O)CC3)C1)nn2C. The number of aryl methyl sites for hydroxylation is 2. The van der Waals surface area contributed by atoms with Crippen LogP contribution in [0.15, 0.2) is 18.2 Å². The number of anilines is 1. The van der Waals surface area contributed by atoms with Gasteiger partial charge in [-0.2, -0.15) is 5.10 Å². The Kier molecular flexibility index (Phi) is 5.45. The maximum absolute atomic E-state index is 12.4.